The molecule has 0 bridgehead atoms. The van der Waals surface area contributed by atoms with Crippen molar-refractivity contribution in [1.82, 2.24) is 25.1 Å². The van der Waals surface area contributed by atoms with Gasteiger partial charge in [-0.05, 0) is 41.0 Å². The highest BCUT2D eigenvalue weighted by Crippen LogP contribution is 2.32. The van der Waals surface area contributed by atoms with E-state index in [1.165, 1.54) is 4.68 Å². The first kappa shape index (κ1) is 13.8. The molecule has 1 heterocycles. The third kappa shape index (κ3) is 3.30. The number of halogens is 1. The zero-order chi connectivity index (χ0) is 14.8. The summed E-state index contributed by atoms with van der Waals surface area (Å²) in [7, 11) is 0. The Hall–Kier alpha value is -2.15. The van der Waals surface area contributed by atoms with E-state index >= 15 is 0 Å². The van der Waals surface area contributed by atoms with Crippen molar-refractivity contribution in [2.45, 2.75) is 32.0 Å². The minimum Gasteiger partial charge on any atom is -0.350 e. The first-order valence-corrected chi connectivity index (χ1v) is 7.05. The van der Waals surface area contributed by atoms with E-state index in [1.54, 1.807) is 12.1 Å². The Kier molecular flexibility index (Phi) is 3.74. The summed E-state index contributed by atoms with van der Waals surface area (Å²) in [4.78, 5) is 23.7. The van der Waals surface area contributed by atoms with Crippen LogP contribution in [0.3, 0.4) is 0 Å². The lowest BCUT2D eigenvalue weighted by Crippen LogP contribution is -2.33. The summed E-state index contributed by atoms with van der Waals surface area (Å²) >= 11 is 5.79. The van der Waals surface area contributed by atoms with Gasteiger partial charge in [-0.25, -0.2) is 4.79 Å². The maximum absolute atomic E-state index is 11.9. The molecule has 0 radical (unpaired) electrons. The van der Waals surface area contributed by atoms with Gasteiger partial charge in [0, 0.05) is 11.6 Å². The molecule has 8 heteroatoms. The summed E-state index contributed by atoms with van der Waals surface area (Å²) < 4.78 is 2.42. The highest BCUT2D eigenvalue weighted by atomic mass is 35.5. The summed E-state index contributed by atoms with van der Waals surface area (Å²) in [5.41, 5.74) is 0.598. The number of rotatable bonds is 5. The molecule has 0 unspecified atom stereocenters. The van der Waals surface area contributed by atoms with E-state index in [1.807, 2.05) is 12.1 Å². The molecule has 7 nitrogen and oxygen atoms in total. The zero-order valence-corrected chi connectivity index (χ0v) is 12.0. The van der Waals surface area contributed by atoms with Crippen LogP contribution >= 0.6 is 11.6 Å². The third-order valence-corrected chi connectivity index (χ3v) is 3.50. The molecule has 110 valence electrons. The zero-order valence-electron chi connectivity index (χ0n) is 11.2. The highest BCUT2D eigenvalue weighted by molar-refractivity contribution is 6.30. The molecule has 0 saturated heterocycles. The second-order valence-electron chi connectivity index (χ2n) is 5.00. The molecule has 1 aromatic heterocycles. The van der Waals surface area contributed by atoms with Crippen LogP contribution < -0.4 is 11.0 Å². The van der Waals surface area contributed by atoms with Crippen molar-refractivity contribution >= 4 is 17.5 Å². The fourth-order valence-electron chi connectivity index (χ4n) is 1.93. The van der Waals surface area contributed by atoms with Crippen molar-refractivity contribution in [2.24, 2.45) is 0 Å². The summed E-state index contributed by atoms with van der Waals surface area (Å²) in [5.74, 6) is -0.283. The lowest BCUT2D eigenvalue weighted by Gasteiger charge is -2.04. The third-order valence-electron chi connectivity index (χ3n) is 3.25. The molecule has 0 aliphatic heterocycles. The van der Waals surface area contributed by atoms with Gasteiger partial charge in [-0.3, -0.25) is 4.79 Å². The van der Waals surface area contributed by atoms with Crippen LogP contribution in [0.5, 0.6) is 0 Å². The number of aromatic nitrogens is 4. The minimum atomic E-state index is -0.334. The van der Waals surface area contributed by atoms with E-state index in [2.05, 4.69) is 15.7 Å². The van der Waals surface area contributed by atoms with Crippen molar-refractivity contribution in [2.75, 3.05) is 0 Å². The summed E-state index contributed by atoms with van der Waals surface area (Å²) in [6.45, 7) is 0.251. The van der Waals surface area contributed by atoms with E-state index in [9.17, 15) is 9.59 Å². The summed E-state index contributed by atoms with van der Waals surface area (Å²) in [6.07, 6.45) is 1.89. The van der Waals surface area contributed by atoms with Gasteiger partial charge in [0.15, 0.2) is 0 Å². The van der Waals surface area contributed by atoms with Gasteiger partial charge in [-0.1, -0.05) is 23.7 Å². The SMILES string of the molecule is O=C(Cn1nnn(C2CC2)c1=O)NCc1ccc(Cl)cc1. The number of hydrogen-bond donors (Lipinski definition) is 1. The van der Waals surface area contributed by atoms with Gasteiger partial charge in [0.2, 0.25) is 5.91 Å². The quantitative estimate of drug-likeness (QED) is 0.883. The molecule has 21 heavy (non-hydrogen) atoms. The monoisotopic (exact) mass is 307 g/mol. The van der Waals surface area contributed by atoms with Crippen LogP contribution in [0.4, 0.5) is 0 Å². The molecular weight excluding hydrogens is 294 g/mol. The second-order valence-corrected chi connectivity index (χ2v) is 5.43. The summed E-state index contributed by atoms with van der Waals surface area (Å²) in [5, 5.41) is 10.9. The number of tetrazole rings is 1. The number of nitrogens with one attached hydrogen (secondary N) is 1. The molecule has 1 aliphatic carbocycles. The van der Waals surface area contributed by atoms with Gasteiger partial charge in [-0.2, -0.15) is 9.36 Å². The van der Waals surface area contributed by atoms with Crippen molar-refractivity contribution in [1.29, 1.82) is 0 Å². The van der Waals surface area contributed by atoms with Crippen LogP contribution in [-0.2, 0) is 17.9 Å². The first-order chi connectivity index (χ1) is 10.1. The Balaban J connectivity index is 1.56. The van der Waals surface area contributed by atoms with E-state index in [-0.39, 0.29) is 24.2 Å². The summed E-state index contributed by atoms with van der Waals surface area (Å²) in [6, 6.07) is 7.34. The molecular formula is C13H14ClN5O2. The molecule has 0 spiro atoms. The van der Waals surface area contributed by atoms with Crippen LogP contribution in [0.2, 0.25) is 5.02 Å². The molecule has 1 saturated carbocycles. The number of amides is 1. The molecule has 1 fully saturated rings. The van der Waals surface area contributed by atoms with Crippen LogP contribution in [0.1, 0.15) is 24.4 Å². The predicted octanol–water partition coefficient (Wildman–Crippen LogP) is 0.744. The molecule has 1 aliphatic rings. The molecule has 3 rings (SSSR count). The number of carbonyl (C=O) groups is 1. The maximum atomic E-state index is 11.9. The Morgan fingerprint density at radius 2 is 2.00 bits per heavy atom. The molecule has 1 aromatic carbocycles. The van der Waals surface area contributed by atoms with E-state index in [0.717, 1.165) is 23.1 Å². The maximum Gasteiger partial charge on any atom is 0.364 e. The molecule has 2 aromatic rings. The second kappa shape index (κ2) is 5.69. The van der Waals surface area contributed by atoms with Crippen molar-refractivity contribution in [3.05, 3.63) is 45.3 Å². The van der Waals surface area contributed by atoms with Crippen molar-refractivity contribution in [3.8, 4) is 0 Å². The van der Waals surface area contributed by atoms with Gasteiger partial charge < -0.3 is 5.32 Å². The highest BCUT2D eigenvalue weighted by Gasteiger charge is 2.28. The topological polar surface area (TPSA) is 81.8 Å². The molecule has 0 atom stereocenters. The Morgan fingerprint density at radius 1 is 1.29 bits per heavy atom. The minimum absolute atomic E-state index is 0.126. The Morgan fingerprint density at radius 3 is 2.67 bits per heavy atom. The normalized spacial score (nSPS) is 14.1. The lowest BCUT2D eigenvalue weighted by molar-refractivity contribution is -0.122. The number of benzene rings is 1. The van der Waals surface area contributed by atoms with Gasteiger partial charge in [-0.15, -0.1) is 0 Å². The molecule has 1 amide bonds. The average molecular weight is 308 g/mol. The van der Waals surface area contributed by atoms with E-state index < -0.39 is 0 Å². The van der Waals surface area contributed by atoms with Gasteiger partial charge in [0.25, 0.3) is 0 Å². The number of nitrogens with zero attached hydrogens (tertiary/aromatic N) is 4. The number of hydrogen-bond acceptors (Lipinski definition) is 4. The predicted molar refractivity (Wildman–Crippen MR) is 75.9 cm³/mol. The van der Waals surface area contributed by atoms with Crippen LogP contribution in [0.25, 0.3) is 0 Å². The molecule has 1 N–H and O–H groups in total. The van der Waals surface area contributed by atoms with Crippen LogP contribution in [0, 0.1) is 0 Å². The standard InChI is InChI=1S/C13H14ClN5O2/c14-10-3-1-9(2-4-10)7-15-12(20)8-18-13(21)19(17-16-18)11-5-6-11/h1-4,11H,5-8H2,(H,15,20). The van der Waals surface area contributed by atoms with Gasteiger partial charge >= 0.3 is 5.69 Å². The van der Waals surface area contributed by atoms with E-state index in [4.69, 9.17) is 11.6 Å². The van der Waals surface area contributed by atoms with E-state index in [0.29, 0.717) is 11.6 Å². The Labute approximate surface area is 125 Å². The lowest BCUT2D eigenvalue weighted by atomic mass is 10.2. The average Bonchev–Trinajstić information content (AvgIpc) is 3.25. The van der Waals surface area contributed by atoms with Crippen molar-refractivity contribution < 1.29 is 4.79 Å². The smallest absolute Gasteiger partial charge is 0.350 e. The first-order valence-electron chi connectivity index (χ1n) is 6.67. The van der Waals surface area contributed by atoms with Gasteiger partial charge in [0.05, 0.1) is 6.04 Å². The fraction of sp³-hybridized carbons (Fsp3) is 0.385. The Bertz CT molecular complexity index is 702. The number of carbonyl (C=O) groups excluding carboxylic acids is 1. The van der Waals surface area contributed by atoms with Crippen LogP contribution in [0.15, 0.2) is 29.1 Å². The van der Waals surface area contributed by atoms with Crippen molar-refractivity contribution in [3.63, 3.8) is 0 Å². The fourth-order valence-corrected chi connectivity index (χ4v) is 2.05. The van der Waals surface area contributed by atoms with Gasteiger partial charge in [0.1, 0.15) is 6.54 Å². The van der Waals surface area contributed by atoms with Crippen LogP contribution in [-0.4, -0.2) is 25.7 Å². The largest absolute Gasteiger partial charge is 0.364 e.